The summed E-state index contributed by atoms with van der Waals surface area (Å²) < 4.78 is 16.7. The van der Waals surface area contributed by atoms with E-state index in [1.165, 1.54) is 6.20 Å². The summed E-state index contributed by atoms with van der Waals surface area (Å²) in [6.07, 6.45) is 2.13. The lowest BCUT2D eigenvalue weighted by Gasteiger charge is -2.30. The van der Waals surface area contributed by atoms with Crippen LogP contribution >= 0.6 is 11.6 Å². The van der Waals surface area contributed by atoms with Crippen LogP contribution in [-0.2, 0) is 9.53 Å². The molecule has 1 atom stereocenters. The number of amides is 1. The second-order valence-corrected chi connectivity index (χ2v) is 6.23. The number of carbonyl (C=O) groups excluding carboxylic acids is 1. The van der Waals surface area contributed by atoms with Crippen molar-refractivity contribution in [2.75, 3.05) is 38.7 Å². The first-order chi connectivity index (χ1) is 13.1. The van der Waals surface area contributed by atoms with Gasteiger partial charge in [0.2, 0.25) is 18.2 Å². The molecule has 1 aromatic carbocycles. The smallest absolute Gasteiger partial charge is 0.237 e. The summed E-state index contributed by atoms with van der Waals surface area (Å²) in [6, 6.07) is 5.65. The summed E-state index contributed by atoms with van der Waals surface area (Å²) in [5.74, 6) is 1.27. The average molecular weight is 393 g/mol. The highest BCUT2D eigenvalue weighted by molar-refractivity contribution is 6.31. The number of methoxy groups -OCH3 is 1. The quantitative estimate of drug-likeness (QED) is 0.725. The third kappa shape index (κ3) is 4.58. The fourth-order valence-corrected chi connectivity index (χ4v) is 2.89. The number of nitrogens with one attached hydrogen (secondary N) is 1. The molecule has 1 N–H and O–H groups in total. The Labute approximate surface area is 162 Å². The number of nitrogens with zero attached hydrogens (tertiary/aromatic N) is 3. The highest BCUT2D eigenvalue weighted by atomic mass is 35.5. The number of halogens is 1. The highest BCUT2D eigenvalue weighted by Crippen LogP contribution is 2.33. The Kier molecular flexibility index (Phi) is 6.31. The zero-order valence-corrected chi connectivity index (χ0v) is 15.9. The van der Waals surface area contributed by atoms with Crippen molar-refractivity contribution < 1.29 is 19.0 Å². The van der Waals surface area contributed by atoms with Crippen LogP contribution in [-0.4, -0.2) is 54.7 Å². The van der Waals surface area contributed by atoms with Crippen LogP contribution in [0.3, 0.4) is 0 Å². The lowest BCUT2D eigenvalue weighted by molar-refractivity contribution is -0.125. The van der Waals surface area contributed by atoms with Gasteiger partial charge in [0.05, 0.1) is 38.8 Å². The second kappa shape index (κ2) is 8.88. The molecule has 1 aromatic heterocycles. The van der Waals surface area contributed by atoms with E-state index in [1.54, 1.807) is 12.0 Å². The lowest BCUT2D eigenvalue weighted by atomic mass is 10.1. The monoisotopic (exact) mass is 392 g/mol. The zero-order chi connectivity index (χ0) is 19.2. The van der Waals surface area contributed by atoms with Crippen molar-refractivity contribution in [3.63, 3.8) is 0 Å². The minimum Gasteiger partial charge on any atom is -0.495 e. The Balaban J connectivity index is 1.80. The molecule has 144 valence electrons. The number of anilines is 2. The van der Waals surface area contributed by atoms with Crippen LogP contribution < -0.4 is 14.8 Å². The van der Waals surface area contributed by atoms with E-state index in [2.05, 4.69) is 15.3 Å². The maximum atomic E-state index is 11.0. The number of ether oxygens (including phenoxy) is 3. The van der Waals surface area contributed by atoms with E-state index in [-0.39, 0.29) is 6.10 Å². The minimum absolute atomic E-state index is 0.191. The van der Waals surface area contributed by atoms with E-state index in [0.29, 0.717) is 54.6 Å². The summed E-state index contributed by atoms with van der Waals surface area (Å²) in [5.41, 5.74) is 1.62. The average Bonchev–Trinajstić information content (AvgIpc) is 2.71. The van der Waals surface area contributed by atoms with Gasteiger partial charge in [-0.05, 0) is 24.6 Å². The Morgan fingerprint density at radius 2 is 2.33 bits per heavy atom. The minimum atomic E-state index is -0.191. The fourth-order valence-electron chi connectivity index (χ4n) is 2.75. The van der Waals surface area contributed by atoms with Crippen molar-refractivity contribution in [3.8, 4) is 11.6 Å². The fraction of sp³-hybridized carbons (Fsp3) is 0.389. The first-order valence-electron chi connectivity index (χ1n) is 8.55. The topological polar surface area (TPSA) is 85.8 Å². The van der Waals surface area contributed by atoms with Gasteiger partial charge in [-0.3, -0.25) is 4.79 Å². The number of hydrogen-bond acceptors (Lipinski definition) is 7. The molecule has 1 fully saturated rings. The molecule has 2 heterocycles. The van der Waals surface area contributed by atoms with Crippen molar-refractivity contribution >= 4 is 29.6 Å². The number of rotatable bonds is 7. The molecule has 0 spiro atoms. The predicted molar refractivity (Wildman–Crippen MR) is 101 cm³/mol. The van der Waals surface area contributed by atoms with Crippen LogP contribution in [0.2, 0.25) is 5.02 Å². The van der Waals surface area contributed by atoms with Crippen LogP contribution in [0.1, 0.15) is 18.6 Å². The molecule has 1 aliphatic heterocycles. The second-order valence-electron chi connectivity index (χ2n) is 5.82. The van der Waals surface area contributed by atoms with E-state index < -0.39 is 0 Å². The number of benzene rings is 1. The molecule has 0 radical (unpaired) electrons. The summed E-state index contributed by atoms with van der Waals surface area (Å²) >= 11 is 6.02. The van der Waals surface area contributed by atoms with E-state index in [1.807, 2.05) is 25.1 Å². The molecule has 3 rings (SSSR count). The zero-order valence-electron chi connectivity index (χ0n) is 15.1. The van der Waals surface area contributed by atoms with Crippen LogP contribution in [0.5, 0.6) is 11.6 Å². The van der Waals surface area contributed by atoms with Crippen LogP contribution in [0.15, 0.2) is 24.4 Å². The van der Waals surface area contributed by atoms with Crippen LogP contribution in [0, 0.1) is 0 Å². The largest absolute Gasteiger partial charge is 0.495 e. The van der Waals surface area contributed by atoms with Gasteiger partial charge in [-0.15, -0.1) is 0 Å². The van der Waals surface area contributed by atoms with E-state index in [4.69, 9.17) is 25.8 Å². The molecule has 8 nitrogen and oxygen atoms in total. The highest BCUT2D eigenvalue weighted by Gasteiger charge is 2.22. The summed E-state index contributed by atoms with van der Waals surface area (Å²) in [4.78, 5) is 21.1. The van der Waals surface area contributed by atoms with Crippen molar-refractivity contribution in [3.05, 3.63) is 35.0 Å². The van der Waals surface area contributed by atoms with E-state index >= 15 is 0 Å². The predicted octanol–water partition coefficient (Wildman–Crippen LogP) is 2.81. The SMILES string of the molecule is CCOc1nc(Nc2ccc(C3CN(C=O)CCO3)cc2OC)ncc1Cl. The number of morpholine rings is 1. The Morgan fingerprint density at radius 3 is 3.07 bits per heavy atom. The van der Waals surface area contributed by atoms with Gasteiger partial charge >= 0.3 is 0 Å². The Hall–Kier alpha value is -2.58. The number of carbonyl (C=O) groups is 1. The first kappa shape index (κ1) is 19.2. The van der Waals surface area contributed by atoms with Crippen molar-refractivity contribution in [2.45, 2.75) is 13.0 Å². The maximum absolute atomic E-state index is 11.0. The van der Waals surface area contributed by atoms with Gasteiger partial charge in [0.25, 0.3) is 0 Å². The van der Waals surface area contributed by atoms with Gasteiger partial charge in [0.1, 0.15) is 16.9 Å². The lowest BCUT2D eigenvalue weighted by Crippen LogP contribution is -2.37. The van der Waals surface area contributed by atoms with Crippen molar-refractivity contribution in [1.82, 2.24) is 14.9 Å². The summed E-state index contributed by atoms with van der Waals surface area (Å²) in [5, 5.41) is 3.45. The van der Waals surface area contributed by atoms with E-state index in [0.717, 1.165) is 12.0 Å². The molecular formula is C18H21ClN4O4. The van der Waals surface area contributed by atoms with Gasteiger partial charge in [-0.2, -0.15) is 4.98 Å². The number of hydrogen-bond donors (Lipinski definition) is 1. The molecule has 1 unspecified atom stereocenters. The van der Waals surface area contributed by atoms with Gasteiger partial charge in [0, 0.05) is 6.54 Å². The molecule has 2 aromatic rings. The summed E-state index contributed by atoms with van der Waals surface area (Å²) in [7, 11) is 1.58. The van der Waals surface area contributed by atoms with Gasteiger partial charge in [-0.25, -0.2) is 4.98 Å². The van der Waals surface area contributed by atoms with Crippen LogP contribution in [0.25, 0.3) is 0 Å². The molecule has 0 aliphatic carbocycles. The molecule has 0 saturated carbocycles. The number of aromatic nitrogens is 2. The third-order valence-electron chi connectivity index (χ3n) is 4.08. The van der Waals surface area contributed by atoms with Crippen molar-refractivity contribution in [2.24, 2.45) is 0 Å². The molecule has 9 heteroatoms. The summed E-state index contributed by atoms with van der Waals surface area (Å²) in [6.45, 7) is 3.93. The molecule has 1 aliphatic rings. The Morgan fingerprint density at radius 1 is 1.48 bits per heavy atom. The first-order valence-corrected chi connectivity index (χ1v) is 8.93. The molecular weight excluding hydrogens is 372 g/mol. The molecule has 27 heavy (non-hydrogen) atoms. The molecule has 1 saturated heterocycles. The standard InChI is InChI=1S/C18H21ClN4O4/c1-3-26-17-13(19)9-20-18(22-17)21-14-5-4-12(8-15(14)25-2)16-10-23(11-24)6-7-27-16/h4-5,8-9,11,16H,3,6-7,10H2,1-2H3,(H,20,21,22). The normalized spacial score (nSPS) is 16.7. The van der Waals surface area contributed by atoms with Gasteiger partial charge in [0.15, 0.2) is 0 Å². The van der Waals surface area contributed by atoms with Crippen LogP contribution in [0.4, 0.5) is 11.6 Å². The molecule has 1 amide bonds. The van der Waals surface area contributed by atoms with Gasteiger partial charge < -0.3 is 24.4 Å². The van der Waals surface area contributed by atoms with E-state index in [9.17, 15) is 4.79 Å². The van der Waals surface area contributed by atoms with Crippen molar-refractivity contribution in [1.29, 1.82) is 0 Å². The Bertz CT molecular complexity index is 805. The molecule has 0 bridgehead atoms. The maximum Gasteiger partial charge on any atom is 0.237 e. The van der Waals surface area contributed by atoms with Gasteiger partial charge in [-0.1, -0.05) is 17.7 Å². The third-order valence-corrected chi connectivity index (χ3v) is 4.34.